The Morgan fingerprint density at radius 3 is 2.56 bits per heavy atom. The van der Waals surface area contributed by atoms with Crippen LogP contribution in [0.5, 0.6) is 0 Å². The van der Waals surface area contributed by atoms with Gasteiger partial charge in [-0.3, -0.25) is 4.79 Å². The van der Waals surface area contributed by atoms with Gasteiger partial charge in [-0.05, 0) is 35.7 Å². The number of para-hydroxylation sites is 1. The first-order valence-corrected chi connectivity index (χ1v) is 9.34. The van der Waals surface area contributed by atoms with E-state index in [2.05, 4.69) is 13.8 Å². The van der Waals surface area contributed by atoms with E-state index in [4.69, 9.17) is 4.74 Å². The van der Waals surface area contributed by atoms with Gasteiger partial charge in [-0.25, -0.2) is 4.79 Å². The quantitative estimate of drug-likeness (QED) is 0.775. The lowest BCUT2D eigenvalue weighted by Crippen LogP contribution is -2.38. The second-order valence-electron chi connectivity index (χ2n) is 6.21. The molecule has 0 atom stereocenters. The first-order valence-electron chi connectivity index (χ1n) is 8.35. The Morgan fingerprint density at radius 2 is 1.84 bits per heavy atom. The SMILES string of the molecule is CC(C)c1ccc(C(=O)OCC(=O)N2CCSc3ccccc32)cc1. The van der Waals surface area contributed by atoms with Gasteiger partial charge in [-0.2, -0.15) is 0 Å². The molecule has 5 heteroatoms. The minimum atomic E-state index is -0.469. The topological polar surface area (TPSA) is 46.6 Å². The van der Waals surface area contributed by atoms with Gasteiger partial charge >= 0.3 is 5.97 Å². The average molecular weight is 355 g/mol. The second kappa shape index (κ2) is 7.74. The number of nitrogens with zero attached hydrogens (tertiary/aromatic N) is 1. The van der Waals surface area contributed by atoms with Crippen molar-refractivity contribution >= 4 is 29.3 Å². The second-order valence-corrected chi connectivity index (χ2v) is 7.35. The third-order valence-electron chi connectivity index (χ3n) is 4.17. The van der Waals surface area contributed by atoms with E-state index < -0.39 is 5.97 Å². The molecule has 2 aromatic carbocycles. The molecule has 4 nitrogen and oxygen atoms in total. The number of esters is 1. The molecule has 0 unspecified atom stereocenters. The van der Waals surface area contributed by atoms with Gasteiger partial charge in [-0.1, -0.05) is 38.1 Å². The Labute approximate surface area is 152 Å². The minimum Gasteiger partial charge on any atom is -0.452 e. The fourth-order valence-corrected chi connectivity index (χ4v) is 3.72. The zero-order valence-electron chi connectivity index (χ0n) is 14.4. The molecule has 0 aromatic heterocycles. The molecular weight excluding hydrogens is 334 g/mol. The Balaban J connectivity index is 1.62. The summed E-state index contributed by atoms with van der Waals surface area (Å²) in [7, 11) is 0. The van der Waals surface area contributed by atoms with Crippen LogP contribution in [-0.2, 0) is 9.53 Å². The average Bonchev–Trinajstić information content (AvgIpc) is 2.65. The van der Waals surface area contributed by atoms with Gasteiger partial charge < -0.3 is 9.64 Å². The van der Waals surface area contributed by atoms with Gasteiger partial charge in [0.05, 0.1) is 11.3 Å². The maximum Gasteiger partial charge on any atom is 0.338 e. The van der Waals surface area contributed by atoms with Gasteiger partial charge in [0.15, 0.2) is 6.61 Å². The van der Waals surface area contributed by atoms with E-state index in [-0.39, 0.29) is 12.5 Å². The molecule has 0 spiro atoms. The van der Waals surface area contributed by atoms with Crippen LogP contribution in [0, 0.1) is 0 Å². The fraction of sp³-hybridized carbons (Fsp3) is 0.300. The Hall–Kier alpha value is -2.27. The third kappa shape index (κ3) is 4.04. The van der Waals surface area contributed by atoms with Gasteiger partial charge in [-0.15, -0.1) is 11.8 Å². The van der Waals surface area contributed by atoms with Crippen LogP contribution in [0.15, 0.2) is 53.4 Å². The molecular formula is C20H21NO3S. The molecule has 0 fully saturated rings. The summed E-state index contributed by atoms with van der Waals surface area (Å²) in [6.07, 6.45) is 0. The molecule has 130 valence electrons. The zero-order chi connectivity index (χ0) is 17.8. The first kappa shape index (κ1) is 17.5. The van der Waals surface area contributed by atoms with E-state index in [0.29, 0.717) is 18.0 Å². The largest absolute Gasteiger partial charge is 0.452 e. The van der Waals surface area contributed by atoms with E-state index in [1.54, 1.807) is 28.8 Å². The number of ether oxygens (including phenoxy) is 1. The predicted octanol–water partition coefficient (Wildman–Crippen LogP) is 4.11. The molecule has 1 heterocycles. The van der Waals surface area contributed by atoms with Gasteiger partial charge in [0.1, 0.15) is 0 Å². The normalized spacial score (nSPS) is 13.5. The molecule has 1 amide bonds. The maximum atomic E-state index is 12.5. The highest BCUT2D eigenvalue weighted by molar-refractivity contribution is 7.99. The lowest BCUT2D eigenvalue weighted by molar-refractivity contribution is -0.121. The number of rotatable bonds is 4. The fourth-order valence-electron chi connectivity index (χ4n) is 2.72. The molecule has 2 aromatic rings. The summed E-state index contributed by atoms with van der Waals surface area (Å²) < 4.78 is 5.22. The van der Waals surface area contributed by atoms with Crippen LogP contribution in [0.2, 0.25) is 0 Å². The van der Waals surface area contributed by atoms with E-state index in [1.807, 2.05) is 36.4 Å². The summed E-state index contributed by atoms with van der Waals surface area (Å²) >= 11 is 1.73. The van der Waals surface area contributed by atoms with Crippen LogP contribution in [0.1, 0.15) is 35.7 Å². The third-order valence-corrected chi connectivity index (χ3v) is 5.21. The maximum absolute atomic E-state index is 12.5. The molecule has 0 bridgehead atoms. The van der Waals surface area contributed by atoms with Crippen molar-refractivity contribution in [2.45, 2.75) is 24.7 Å². The lowest BCUT2D eigenvalue weighted by atomic mass is 10.0. The Morgan fingerprint density at radius 1 is 1.12 bits per heavy atom. The standard InChI is InChI=1S/C20H21NO3S/c1-14(2)15-7-9-16(10-8-15)20(23)24-13-19(22)21-11-12-25-18-6-4-3-5-17(18)21/h3-10,14H,11-13H2,1-2H3. The number of amides is 1. The van der Waals surface area contributed by atoms with Crippen molar-refractivity contribution in [2.24, 2.45) is 0 Å². The van der Waals surface area contributed by atoms with Crippen LogP contribution in [-0.4, -0.2) is 30.8 Å². The van der Waals surface area contributed by atoms with Crippen LogP contribution in [0.3, 0.4) is 0 Å². The number of fused-ring (bicyclic) bond motifs is 1. The number of hydrogen-bond donors (Lipinski definition) is 0. The smallest absolute Gasteiger partial charge is 0.338 e. The number of hydrogen-bond acceptors (Lipinski definition) is 4. The summed E-state index contributed by atoms with van der Waals surface area (Å²) in [4.78, 5) is 27.4. The van der Waals surface area contributed by atoms with Crippen molar-refractivity contribution in [3.05, 3.63) is 59.7 Å². The zero-order valence-corrected chi connectivity index (χ0v) is 15.2. The predicted molar refractivity (Wildman–Crippen MR) is 100 cm³/mol. The minimum absolute atomic E-state index is 0.195. The number of carbonyl (C=O) groups is 2. The van der Waals surface area contributed by atoms with Crippen LogP contribution in [0.25, 0.3) is 0 Å². The van der Waals surface area contributed by atoms with Crippen molar-refractivity contribution in [3.63, 3.8) is 0 Å². The molecule has 1 aliphatic heterocycles. The molecule has 1 aliphatic rings. The van der Waals surface area contributed by atoms with Crippen molar-refractivity contribution in [3.8, 4) is 0 Å². The summed E-state index contributed by atoms with van der Waals surface area (Å²) in [6, 6.07) is 15.1. The van der Waals surface area contributed by atoms with Gasteiger partial charge in [0.2, 0.25) is 0 Å². The molecule has 0 saturated carbocycles. The Kier molecular flexibility index (Phi) is 5.43. The lowest BCUT2D eigenvalue weighted by Gasteiger charge is -2.28. The summed E-state index contributed by atoms with van der Waals surface area (Å²) in [5.41, 5.74) is 2.52. The van der Waals surface area contributed by atoms with Crippen LogP contribution >= 0.6 is 11.8 Å². The molecule has 0 aliphatic carbocycles. The van der Waals surface area contributed by atoms with E-state index in [9.17, 15) is 9.59 Å². The molecule has 3 rings (SSSR count). The first-order chi connectivity index (χ1) is 12.1. The molecule has 25 heavy (non-hydrogen) atoms. The summed E-state index contributed by atoms with van der Waals surface area (Å²) in [5, 5.41) is 0. The van der Waals surface area contributed by atoms with Gasteiger partial charge in [0.25, 0.3) is 5.91 Å². The van der Waals surface area contributed by atoms with E-state index >= 15 is 0 Å². The van der Waals surface area contributed by atoms with Gasteiger partial charge in [0, 0.05) is 17.2 Å². The molecule has 0 N–H and O–H groups in total. The summed E-state index contributed by atoms with van der Waals surface area (Å²) in [6.45, 7) is 4.58. The monoisotopic (exact) mass is 355 g/mol. The van der Waals surface area contributed by atoms with E-state index in [1.165, 1.54) is 0 Å². The summed E-state index contributed by atoms with van der Waals surface area (Å²) in [5.74, 6) is 0.583. The Bertz CT molecular complexity index is 771. The number of benzene rings is 2. The van der Waals surface area contributed by atoms with Crippen molar-refractivity contribution in [1.82, 2.24) is 0 Å². The van der Waals surface area contributed by atoms with Crippen LogP contribution < -0.4 is 4.90 Å². The highest BCUT2D eigenvalue weighted by Crippen LogP contribution is 2.34. The van der Waals surface area contributed by atoms with Crippen LogP contribution in [0.4, 0.5) is 5.69 Å². The highest BCUT2D eigenvalue weighted by atomic mass is 32.2. The number of thioether (sulfide) groups is 1. The van der Waals surface area contributed by atoms with E-state index in [0.717, 1.165) is 21.9 Å². The van der Waals surface area contributed by atoms with Crippen molar-refractivity contribution < 1.29 is 14.3 Å². The number of carbonyl (C=O) groups excluding carboxylic acids is 2. The van der Waals surface area contributed by atoms with Crippen molar-refractivity contribution in [1.29, 1.82) is 0 Å². The number of anilines is 1. The van der Waals surface area contributed by atoms with Crippen molar-refractivity contribution in [2.75, 3.05) is 23.8 Å². The molecule has 0 radical (unpaired) electrons. The molecule has 0 saturated heterocycles. The highest BCUT2D eigenvalue weighted by Gasteiger charge is 2.23.